The zero-order valence-corrected chi connectivity index (χ0v) is 19.6. The number of halogens is 2. The van der Waals surface area contributed by atoms with Gasteiger partial charge in [0.2, 0.25) is 11.8 Å². The van der Waals surface area contributed by atoms with Gasteiger partial charge in [-0.1, -0.05) is 47.5 Å². The van der Waals surface area contributed by atoms with Crippen LogP contribution in [0.15, 0.2) is 59.3 Å². The molecule has 0 unspecified atom stereocenters. The van der Waals surface area contributed by atoms with Gasteiger partial charge < -0.3 is 10.6 Å². The summed E-state index contributed by atoms with van der Waals surface area (Å²) in [5, 5.41) is 11.4. The maximum atomic E-state index is 12.2. The Hall–Kier alpha value is -2.78. The molecule has 0 aliphatic heterocycles. The molecule has 0 aliphatic rings. The molecule has 0 saturated heterocycles. The number of aromatic nitrogens is 2. The number of carbonyl (C=O) groups is 2. The third kappa shape index (κ3) is 5.92. The molecule has 2 N–H and O–H groups in total. The Balaban J connectivity index is 1.26. The second-order valence-corrected chi connectivity index (χ2v) is 9.28. The fourth-order valence-electron chi connectivity index (χ4n) is 2.76. The van der Waals surface area contributed by atoms with Crippen LogP contribution in [-0.2, 0) is 9.59 Å². The van der Waals surface area contributed by atoms with Crippen molar-refractivity contribution in [3.05, 3.63) is 69.3 Å². The lowest BCUT2D eigenvalue weighted by molar-refractivity contribution is -0.121. The van der Waals surface area contributed by atoms with Crippen molar-refractivity contribution in [3.8, 4) is 22.5 Å². The molecule has 2 aromatic heterocycles. The van der Waals surface area contributed by atoms with Crippen LogP contribution in [0.2, 0.25) is 10.0 Å². The number of hydrogen-bond donors (Lipinski definition) is 2. The Morgan fingerprint density at radius 3 is 1.44 bits per heavy atom. The van der Waals surface area contributed by atoms with Crippen LogP contribution >= 0.6 is 45.9 Å². The number of thiazole rings is 2. The Bertz CT molecular complexity index is 1140. The molecule has 32 heavy (non-hydrogen) atoms. The average molecular weight is 503 g/mol. The van der Waals surface area contributed by atoms with Crippen molar-refractivity contribution < 1.29 is 9.59 Å². The number of nitrogens with one attached hydrogen (secondary N) is 2. The molecular weight excluding hydrogens is 487 g/mol. The summed E-state index contributed by atoms with van der Waals surface area (Å²) < 4.78 is 0. The van der Waals surface area contributed by atoms with Crippen molar-refractivity contribution in [2.45, 2.75) is 12.8 Å². The summed E-state index contributed by atoms with van der Waals surface area (Å²) in [7, 11) is 0. The van der Waals surface area contributed by atoms with Crippen LogP contribution < -0.4 is 10.6 Å². The third-order valence-corrected chi connectivity index (χ3v) is 6.38. The molecule has 2 amide bonds. The SMILES string of the molecule is O=C(CCC(=O)Nc1nc(-c2ccc(Cl)cc2)cs1)Nc1nc(-c2ccc(Cl)cc2)cs1. The lowest BCUT2D eigenvalue weighted by Gasteiger charge is -2.03. The van der Waals surface area contributed by atoms with Gasteiger partial charge in [0.25, 0.3) is 0 Å². The topological polar surface area (TPSA) is 84.0 Å². The molecule has 0 spiro atoms. The van der Waals surface area contributed by atoms with E-state index in [1.165, 1.54) is 22.7 Å². The summed E-state index contributed by atoms with van der Waals surface area (Å²) >= 11 is 14.5. The van der Waals surface area contributed by atoms with Crippen molar-refractivity contribution in [1.29, 1.82) is 0 Å². The summed E-state index contributed by atoms with van der Waals surface area (Å²) in [6, 6.07) is 14.6. The van der Waals surface area contributed by atoms with Crippen molar-refractivity contribution in [2.75, 3.05) is 10.6 Å². The molecule has 0 fully saturated rings. The second-order valence-electron chi connectivity index (χ2n) is 6.69. The van der Waals surface area contributed by atoms with E-state index in [0.717, 1.165) is 22.5 Å². The number of carbonyl (C=O) groups excluding carboxylic acids is 2. The minimum atomic E-state index is -0.279. The molecule has 0 bridgehead atoms. The summed E-state index contributed by atoms with van der Waals surface area (Å²) in [6.07, 6.45) is 0.0776. The molecule has 0 aliphatic carbocycles. The van der Waals surface area contributed by atoms with Gasteiger partial charge in [-0.05, 0) is 24.3 Å². The van der Waals surface area contributed by atoms with Crippen molar-refractivity contribution in [2.24, 2.45) is 0 Å². The molecule has 10 heteroatoms. The number of amides is 2. The Labute approximate surface area is 202 Å². The molecule has 4 rings (SSSR count). The summed E-state index contributed by atoms with van der Waals surface area (Å²) in [5.74, 6) is -0.559. The highest BCUT2D eigenvalue weighted by atomic mass is 35.5. The standard InChI is InChI=1S/C22H16Cl2N4O2S2/c23-15-5-1-13(2-6-15)17-11-31-21(25-17)27-19(29)9-10-20(30)28-22-26-18(12-32-22)14-3-7-16(24)8-4-14/h1-8,11-12H,9-10H2,(H,25,27,29)(H,26,28,30). The molecule has 0 atom stereocenters. The highest BCUT2D eigenvalue weighted by Crippen LogP contribution is 2.27. The first kappa shape index (κ1) is 22.4. The molecule has 162 valence electrons. The van der Waals surface area contributed by atoms with Crippen LogP contribution in [0.4, 0.5) is 10.3 Å². The Morgan fingerprint density at radius 1 is 0.688 bits per heavy atom. The summed E-state index contributed by atoms with van der Waals surface area (Å²) in [5.41, 5.74) is 3.32. The number of benzene rings is 2. The molecule has 4 aromatic rings. The first-order valence-electron chi connectivity index (χ1n) is 9.49. The first-order valence-corrected chi connectivity index (χ1v) is 12.0. The lowest BCUT2D eigenvalue weighted by atomic mass is 10.2. The van der Waals surface area contributed by atoms with Gasteiger partial charge in [-0.15, -0.1) is 22.7 Å². The van der Waals surface area contributed by atoms with Crippen LogP contribution in [-0.4, -0.2) is 21.8 Å². The summed E-state index contributed by atoms with van der Waals surface area (Å²) in [4.78, 5) is 33.2. The van der Waals surface area contributed by atoms with E-state index in [4.69, 9.17) is 23.2 Å². The number of hydrogen-bond acceptors (Lipinski definition) is 6. The monoisotopic (exact) mass is 502 g/mol. The molecule has 6 nitrogen and oxygen atoms in total. The highest BCUT2D eigenvalue weighted by molar-refractivity contribution is 7.14. The number of anilines is 2. The van der Waals surface area contributed by atoms with E-state index in [1.54, 1.807) is 24.3 Å². The van der Waals surface area contributed by atoms with Crippen molar-refractivity contribution >= 4 is 68.0 Å². The van der Waals surface area contributed by atoms with E-state index in [-0.39, 0.29) is 24.7 Å². The van der Waals surface area contributed by atoms with E-state index in [9.17, 15) is 9.59 Å². The van der Waals surface area contributed by atoms with Crippen LogP contribution in [0.1, 0.15) is 12.8 Å². The molecule has 2 heterocycles. The minimum Gasteiger partial charge on any atom is -0.302 e. The van der Waals surface area contributed by atoms with Gasteiger partial charge >= 0.3 is 0 Å². The van der Waals surface area contributed by atoms with Crippen LogP contribution in [0, 0.1) is 0 Å². The number of rotatable bonds is 7. The van der Waals surface area contributed by atoms with Gasteiger partial charge in [-0.3, -0.25) is 9.59 Å². The van der Waals surface area contributed by atoms with Gasteiger partial charge in [0.1, 0.15) is 0 Å². The molecule has 0 radical (unpaired) electrons. The molecule has 2 aromatic carbocycles. The first-order chi connectivity index (χ1) is 15.5. The fourth-order valence-corrected chi connectivity index (χ4v) is 4.48. The smallest absolute Gasteiger partial charge is 0.226 e. The van der Waals surface area contributed by atoms with Gasteiger partial charge in [-0.2, -0.15) is 0 Å². The van der Waals surface area contributed by atoms with Crippen molar-refractivity contribution in [3.63, 3.8) is 0 Å². The van der Waals surface area contributed by atoms with E-state index in [1.807, 2.05) is 35.0 Å². The highest BCUT2D eigenvalue weighted by Gasteiger charge is 2.12. The number of nitrogens with zero attached hydrogens (tertiary/aromatic N) is 2. The predicted octanol–water partition coefficient (Wildman–Crippen LogP) is 6.60. The maximum Gasteiger partial charge on any atom is 0.226 e. The van der Waals surface area contributed by atoms with Gasteiger partial charge in [-0.25, -0.2) is 9.97 Å². The van der Waals surface area contributed by atoms with Crippen molar-refractivity contribution in [1.82, 2.24) is 9.97 Å². The molecular formula is C22H16Cl2N4O2S2. The third-order valence-electron chi connectivity index (χ3n) is 4.36. The van der Waals surface area contributed by atoms with Crippen LogP contribution in [0.5, 0.6) is 0 Å². The predicted molar refractivity (Wildman–Crippen MR) is 132 cm³/mol. The minimum absolute atomic E-state index is 0.0388. The average Bonchev–Trinajstić information content (AvgIpc) is 3.43. The summed E-state index contributed by atoms with van der Waals surface area (Å²) in [6.45, 7) is 0. The fraction of sp³-hybridized carbons (Fsp3) is 0.0909. The normalized spacial score (nSPS) is 10.7. The second kappa shape index (κ2) is 10.2. The zero-order valence-electron chi connectivity index (χ0n) is 16.5. The maximum absolute atomic E-state index is 12.2. The Kier molecular flexibility index (Phi) is 7.16. The van der Waals surface area contributed by atoms with Crippen LogP contribution in [0.25, 0.3) is 22.5 Å². The quantitative estimate of drug-likeness (QED) is 0.298. The largest absolute Gasteiger partial charge is 0.302 e. The molecule has 0 saturated carbocycles. The van der Waals surface area contributed by atoms with Gasteiger partial charge in [0.05, 0.1) is 11.4 Å². The lowest BCUT2D eigenvalue weighted by Crippen LogP contribution is -2.17. The Morgan fingerprint density at radius 2 is 1.06 bits per heavy atom. The van der Waals surface area contributed by atoms with Gasteiger partial charge in [0.15, 0.2) is 10.3 Å². The van der Waals surface area contributed by atoms with E-state index in [0.29, 0.717) is 20.3 Å². The van der Waals surface area contributed by atoms with E-state index in [2.05, 4.69) is 20.6 Å². The van der Waals surface area contributed by atoms with E-state index >= 15 is 0 Å². The van der Waals surface area contributed by atoms with Crippen LogP contribution in [0.3, 0.4) is 0 Å². The van der Waals surface area contributed by atoms with Gasteiger partial charge in [0, 0.05) is 44.8 Å². The zero-order chi connectivity index (χ0) is 22.5. The van der Waals surface area contributed by atoms with E-state index < -0.39 is 0 Å².